The molecule has 0 spiro atoms. The van der Waals surface area contributed by atoms with Crippen LogP contribution in [0.1, 0.15) is 0 Å². The molecule has 2 aromatic heterocycles. The van der Waals surface area contributed by atoms with Gasteiger partial charge in [-0.1, -0.05) is 78.9 Å². The summed E-state index contributed by atoms with van der Waals surface area (Å²) in [7, 11) is 0. The van der Waals surface area contributed by atoms with Crippen molar-refractivity contribution >= 4 is 76.7 Å². The molecule has 0 amide bonds. The summed E-state index contributed by atoms with van der Waals surface area (Å²) < 4.78 is 8.87. The number of furan rings is 1. The number of nitrogens with zero attached hydrogens (tertiary/aromatic N) is 3. The fourth-order valence-electron chi connectivity index (χ4n) is 6.81. The average molecular weight is 560 g/mol. The molecule has 2 heterocycles. The van der Waals surface area contributed by atoms with Crippen LogP contribution in [-0.4, -0.2) is 4.57 Å². The Kier molecular flexibility index (Phi) is 5.00. The van der Waals surface area contributed by atoms with Crippen LogP contribution in [0.3, 0.4) is 0 Å². The van der Waals surface area contributed by atoms with E-state index in [1.54, 1.807) is 0 Å². The maximum atomic E-state index is 7.53. The number of aromatic nitrogens is 1. The van der Waals surface area contributed by atoms with E-state index in [9.17, 15) is 0 Å². The molecule has 0 radical (unpaired) electrons. The van der Waals surface area contributed by atoms with E-state index in [-0.39, 0.29) is 0 Å². The molecular formula is C40H21N3O. The summed E-state index contributed by atoms with van der Waals surface area (Å²) in [5.74, 6) is 0. The molecule has 9 aromatic rings. The lowest BCUT2D eigenvalue weighted by Gasteiger charge is -2.11. The molecule has 0 bridgehead atoms. The lowest BCUT2D eigenvalue weighted by Crippen LogP contribution is -1.93. The third kappa shape index (κ3) is 3.37. The van der Waals surface area contributed by atoms with Gasteiger partial charge in [-0.15, -0.1) is 0 Å². The second kappa shape index (κ2) is 9.07. The number of hydrogen-bond donors (Lipinski definition) is 0. The third-order valence-electron chi connectivity index (χ3n) is 8.78. The Morgan fingerprint density at radius 3 is 1.80 bits per heavy atom. The van der Waals surface area contributed by atoms with Crippen LogP contribution in [-0.2, 0) is 0 Å². The van der Waals surface area contributed by atoms with E-state index >= 15 is 0 Å². The van der Waals surface area contributed by atoms with Crippen molar-refractivity contribution in [3.05, 3.63) is 150 Å². The summed E-state index contributed by atoms with van der Waals surface area (Å²) in [6.45, 7) is 15.1. The van der Waals surface area contributed by atoms with Crippen molar-refractivity contribution in [2.45, 2.75) is 0 Å². The van der Waals surface area contributed by atoms with Crippen LogP contribution in [0.15, 0.2) is 132 Å². The van der Waals surface area contributed by atoms with Gasteiger partial charge in [-0.25, -0.2) is 9.69 Å². The first-order chi connectivity index (χ1) is 21.7. The number of fused-ring (bicyclic) bond motifs is 10. The van der Waals surface area contributed by atoms with Crippen LogP contribution >= 0.6 is 0 Å². The summed E-state index contributed by atoms with van der Waals surface area (Å²) in [5, 5.41) is 8.96. The quantitative estimate of drug-likeness (QED) is 0.194. The zero-order valence-corrected chi connectivity index (χ0v) is 23.4. The highest BCUT2D eigenvalue weighted by atomic mass is 16.3. The topological polar surface area (TPSA) is 26.8 Å². The fourth-order valence-corrected chi connectivity index (χ4v) is 6.81. The number of benzene rings is 7. The van der Waals surface area contributed by atoms with Crippen molar-refractivity contribution in [3.63, 3.8) is 0 Å². The third-order valence-corrected chi connectivity index (χ3v) is 8.78. The zero-order chi connectivity index (χ0) is 29.4. The van der Waals surface area contributed by atoms with Crippen molar-refractivity contribution < 1.29 is 4.42 Å². The lowest BCUT2D eigenvalue weighted by molar-refractivity contribution is 0.670. The Hall–Kier alpha value is -6.36. The molecule has 0 aliphatic rings. The molecule has 7 aromatic carbocycles. The van der Waals surface area contributed by atoms with Gasteiger partial charge in [0.1, 0.15) is 11.2 Å². The van der Waals surface area contributed by atoms with Crippen LogP contribution in [0.2, 0.25) is 0 Å². The Balaban J connectivity index is 1.29. The molecule has 202 valence electrons. The SMILES string of the molecule is [C-]#[N+]c1ccc2c(c1)c1cc([N+]#[C-])ccc1n2-c1ccc(-c2cc3ccccc3c3c2oc2ccc4ccccc4c23)cc1. The monoisotopic (exact) mass is 559 g/mol. The second-order valence-corrected chi connectivity index (χ2v) is 11.1. The van der Waals surface area contributed by atoms with Gasteiger partial charge >= 0.3 is 0 Å². The molecule has 0 atom stereocenters. The van der Waals surface area contributed by atoms with E-state index in [4.69, 9.17) is 17.6 Å². The normalized spacial score (nSPS) is 11.6. The van der Waals surface area contributed by atoms with Crippen molar-refractivity contribution in [1.82, 2.24) is 4.57 Å². The first-order valence-corrected chi connectivity index (χ1v) is 14.4. The summed E-state index contributed by atoms with van der Waals surface area (Å²) in [6, 6.07) is 43.6. The Labute approximate surface area is 252 Å². The molecule has 0 saturated heterocycles. The standard InChI is InChI=1S/C40H21N3O/c1-41-27-14-18-35-33(22-27)34-23-28(42-2)15-19-36(34)43(35)29-16-11-25(12-17-29)32-21-26-8-4-6-10-31(26)39-38-30-9-5-3-7-24(30)13-20-37(38)44-40(32)39/h3-23H. The van der Waals surface area contributed by atoms with Gasteiger partial charge in [-0.3, -0.25) is 0 Å². The summed E-state index contributed by atoms with van der Waals surface area (Å²) in [4.78, 5) is 7.29. The van der Waals surface area contributed by atoms with Crippen LogP contribution in [0.4, 0.5) is 11.4 Å². The molecule has 0 fully saturated rings. The van der Waals surface area contributed by atoms with Crippen LogP contribution < -0.4 is 0 Å². The van der Waals surface area contributed by atoms with Gasteiger partial charge < -0.3 is 8.98 Å². The first-order valence-electron chi connectivity index (χ1n) is 14.4. The van der Waals surface area contributed by atoms with Crippen LogP contribution in [0.5, 0.6) is 0 Å². The highest BCUT2D eigenvalue weighted by Crippen LogP contribution is 2.44. The zero-order valence-electron chi connectivity index (χ0n) is 23.4. The van der Waals surface area contributed by atoms with Crippen molar-refractivity contribution in [2.24, 2.45) is 0 Å². The number of hydrogen-bond acceptors (Lipinski definition) is 1. The highest BCUT2D eigenvalue weighted by Gasteiger charge is 2.19. The lowest BCUT2D eigenvalue weighted by atomic mass is 9.95. The molecule has 0 saturated carbocycles. The van der Waals surface area contributed by atoms with Gasteiger partial charge in [-0.2, -0.15) is 0 Å². The Morgan fingerprint density at radius 2 is 1.14 bits per heavy atom. The maximum absolute atomic E-state index is 7.53. The summed E-state index contributed by atoms with van der Waals surface area (Å²) >= 11 is 0. The predicted octanol–water partition coefficient (Wildman–Crippen LogP) is 11.8. The van der Waals surface area contributed by atoms with Gasteiger partial charge in [0.25, 0.3) is 0 Å². The number of rotatable bonds is 2. The molecular weight excluding hydrogens is 538 g/mol. The van der Waals surface area contributed by atoms with E-state index in [1.807, 2.05) is 36.4 Å². The van der Waals surface area contributed by atoms with E-state index in [1.165, 1.54) is 21.5 Å². The van der Waals surface area contributed by atoms with Crippen molar-refractivity contribution in [2.75, 3.05) is 0 Å². The van der Waals surface area contributed by atoms with Gasteiger partial charge in [0.15, 0.2) is 11.4 Å². The highest BCUT2D eigenvalue weighted by molar-refractivity contribution is 6.28. The van der Waals surface area contributed by atoms with Crippen molar-refractivity contribution in [3.8, 4) is 16.8 Å². The largest absolute Gasteiger partial charge is 0.455 e. The fraction of sp³-hybridized carbons (Fsp3) is 0. The minimum absolute atomic E-state index is 0.582. The predicted molar refractivity (Wildman–Crippen MR) is 181 cm³/mol. The van der Waals surface area contributed by atoms with Gasteiger partial charge in [0, 0.05) is 22.0 Å². The molecule has 4 heteroatoms. The second-order valence-electron chi connectivity index (χ2n) is 11.1. The van der Waals surface area contributed by atoms with E-state index < -0.39 is 0 Å². The summed E-state index contributed by atoms with van der Waals surface area (Å²) in [6.07, 6.45) is 0. The molecule has 0 N–H and O–H groups in total. The first kappa shape index (κ1) is 24.3. The van der Waals surface area contributed by atoms with Gasteiger partial charge in [0.2, 0.25) is 0 Å². The molecule has 0 aliphatic heterocycles. The Morgan fingerprint density at radius 1 is 0.523 bits per heavy atom. The van der Waals surface area contributed by atoms with Crippen LogP contribution in [0, 0.1) is 13.1 Å². The molecule has 4 nitrogen and oxygen atoms in total. The molecule has 0 aliphatic carbocycles. The van der Waals surface area contributed by atoms with Gasteiger partial charge in [0.05, 0.1) is 24.2 Å². The van der Waals surface area contributed by atoms with E-state index in [0.29, 0.717) is 11.4 Å². The minimum Gasteiger partial charge on any atom is -0.455 e. The molecule has 44 heavy (non-hydrogen) atoms. The van der Waals surface area contributed by atoms with Crippen LogP contribution in [0.25, 0.3) is 91.8 Å². The maximum Gasteiger partial charge on any atom is 0.188 e. The molecule has 9 rings (SSSR count). The smallest absolute Gasteiger partial charge is 0.188 e. The minimum atomic E-state index is 0.582. The van der Waals surface area contributed by atoms with E-state index in [0.717, 1.165) is 60.6 Å². The molecule has 0 unspecified atom stereocenters. The van der Waals surface area contributed by atoms with E-state index in [2.05, 4.69) is 105 Å². The Bertz CT molecular complexity index is 2660. The van der Waals surface area contributed by atoms with Crippen molar-refractivity contribution in [1.29, 1.82) is 0 Å². The van der Waals surface area contributed by atoms with Gasteiger partial charge in [-0.05, 0) is 86.4 Å². The average Bonchev–Trinajstić information content (AvgIpc) is 3.64. The summed E-state index contributed by atoms with van der Waals surface area (Å²) in [5.41, 5.74) is 8.06.